The molecule has 1 atom stereocenters. The van der Waals surface area contributed by atoms with Gasteiger partial charge in [0.2, 0.25) is 0 Å². The van der Waals surface area contributed by atoms with Crippen molar-refractivity contribution in [1.82, 2.24) is 19.6 Å². The smallest absolute Gasteiger partial charge is 0.256 e. The van der Waals surface area contributed by atoms with Gasteiger partial charge in [0, 0.05) is 38.4 Å². The molecule has 3 rings (SSSR count). The van der Waals surface area contributed by atoms with Crippen LogP contribution >= 0.6 is 0 Å². The average Bonchev–Trinajstić information content (AvgIpc) is 3.05. The summed E-state index contributed by atoms with van der Waals surface area (Å²) in [5.74, 6) is 0.0363. The molecule has 5 heteroatoms. The van der Waals surface area contributed by atoms with E-state index in [0.717, 1.165) is 19.5 Å². The highest BCUT2D eigenvalue weighted by Crippen LogP contribution is 2.22. The Morgan fingerprint density at radius 3 is 2.71 bits per heavy atom. The minimum absolute atomic E-state index is 0.0363. The van der Waals surface area contributed by atoms with Gasteiger partial charge in [0.15, 0.2) is 0 Å². The lowest BCUT2D eigenvalue weighted by Crippen LogP contribution is -2.46. The van der Waals surface area contributed by atoms with Crippen molar-refractivity contribution >= 4 is 5.91 Å². The number of benzene rings is 1. The molecular weight excluding hydrogens is 300 g/mol. The first-order valence-corrected chi connectivity index (χ1v) is 8.52. The standard InChI is InChI=1S/C19H26N4O/c1-14(2)23-12-17(10-20-23)19(24)22(4)13-18-9-15-7-5-6-8-16(15)11-21(18)3/h5-8,10,12,14,18H,9,11,13H2,1-4H3/t18-/m0/s1. The van der Waals surface area contributed by atoms with Gasteiger partial charge in [-0.25, -0.2) is 0 Å². The predicted octanol–water partition coefficient (Wildman–Crippen LogP) is 2.59. The summed E-state index contributed by atoms with van der Waals surface area (Å²) < 4.78 is 1.82. The number of aromatic nitrogens is 2. The fraction of sp³-hybridized carbons (Fsp3) is 0.474. The molecule has 0 radical (unpaired) electrons. The van der Waals surface area contributed by atoms with E-state index < -0.39 is 0 Å². The number of hydrogen-bond acceptors (Lipinski definition) is 3. The molecule has 0 spiro atoms. The molecule has 0 saturated heterocycles. The lowest BCUT2D eigenvalue weighted by atomic mass is 9.94. The highest BCUT2D eigenvalue weighted by Gasteiger charge is 2.26. The van der Waals surface area contributed by atoms with Crippen molar-refractivity contribution in [3.8, 4) is 0 Å². The van der Waals surface area contributed by atoms with Crippen molar-refractivity contribution in [2.45, 2.75) is 38.9 Å². The van der Waals surface area contributed by atoms with Crippen LogP contribution in [0.25, 0.3) is 0 Å². The minimum atomic E-state index is 0.0363. The number of carbonyl (C=O) groups excluding carboxylic acids is 1. The van der Waals surface area contributed by atoms with Crippen molar-refractivity contribution in [2.24, 2.45) is 0 Å². The van der Waals surface area contributed by atoms with Crippen molar-refractivity contribution in [3.63, 3.8) is 0 Å². The zero-order valence-corrected chi connectivity index (χ0v) is 14.9. The summed E-state index contributed by atoms with van der Waals surface area (Å²) in [5, 5.41) is 4.27. The quantitative estimate of drug-likeness (QED) is 0.867. The molecule has 1 aliphatic rings. The second-order valence-corrected chi connectivity index (χ2v) is 7.03. The number of hydrogen-bond donors (Lipinski definition) is 0. The summed E-state index contributed by atoms with van der Waals surface area (Å²) in [5.41, 5.74) is 3.45. The Morgan fingerprint density at radius 1 is 1.33 bits per heavy atom. The molecule has 1 aliphatic heterocycles. The molecular formula is C19H26N4O. The molecule has 0 saturated carbocycles. The lowest BCUT2D eigenvalue weighted by molar-refractivity contribution is 0.0733. The summed E-state index contributed by atoms with van der Waals surface area (Å²) in [6.07, 6.45) is 4.48. The van der Waals surface area contributed by atoms with Crippen molar-refractivity contribution in [3.05, 3.63) is 53.3 Å². The van der Waals surface area contributed by atoms with Crippen LogP contribution in [0.5, 0.6) is 0 Å². The van der Waals surface area contributed by atoms with Gasteiger partial charge in [0.1, 0.15) is 0 Å². The van der Waals surface area contributed by atoms with E-state index in [1.54, 1.807) is 6.20 Å². The molecule has 2 heterocycles. The highest BCUT2D eigenvalue weighted by molar-refractivity contribution is 5.93. The third kappa shape index (κ3) is 3.36. The number of nitrogens with zero attached hydrogens (tertiary/aromatic N) is 4. The van der Waals surface area contributed by atoms with Gasteiger partial charge in [-0.05, 0) is 38.4 Å². The maximum atomic E-state index is 12.7. The van der Waals surface area contributed by atoms with Gasteiger partial charge in [-0.2, -0.15) is 5.10 Å². The van der Waals surface area contributed by atoms with E-state index in [0.29, 0.717) is 11.6 Å². The Balaban J connectivity index is 1.67. The second-order valence-electron chi connectivity index (χ2n) is 7.03. The topological polar surface area (TPSA) is 41.4 Å². The fourth-order valence-electron chi connectivity index (χ4n) is 3.27. The largest absolute Gasteiger partial charge is 0.340 e. The maximum Gasteiger partial charge on any atom is 0.256 e. The summed E-state index contributed by atoms with van der Waals surface area (Å²) in [6, 6.07) is 9.18. The number of carbonyl (C=O) groups is 1. The van der Waals surface area contributed by atoms with E-state index >= 15 is 0 Å². The fourth-order valence-corrected chi connectivity index (χ4v) is 3.27. The van der Waals surface area contributed by atoms with Gasteiger partial charge in [-0.15, -0.1) is 0 Å². The number of fused-ring (bicyclic) bond motifs is 1. The summed E-state index contributed by atoms with van der Waals surface area (Å²) in [6.45, 7) is 5.77. The molecule has 0 fully saturated rings. The molecule has 0 N–H and O–H groups in total. The Kier molecular flexibility index (Phi) is 4.71. The Morgan fingerprint density at radius 2 is 2.04 bits per heavy atom. The van der Waals surface area contributed by atoms with Crippen molar-refractivity contribution in [1.29, 1.82) is 0 Å². The van der Waals surface area contributed by atoms with Gasteiger partial charge in [-0.3, -0.25) is 14.4 Å². The maximum absolute atomic E-state index is 12.7. The van der Waals surface area contributed by atoms with E-state index in [4.69, 9.17) is 0 Å². The van der Waals surface area contributed by atoms with E-state index in [2.05, 4.69) is 55.2 Å². The molecule has 2 aromatic rings. The summed E-state index contributed by atoms with van der Waals surface area (Å²) in [7, 11) is 4.01. The molecule has 1 aromatic carbocycles. The van der Waals surface area contributed by atoms with Crippen LogP contribution in [0.2, 0.25) is 0 Å². The monoisotopic (exact) mass is 326 g/mol. The Hall–Kier alpha value is -2.14. The van der Waals surface area contributed by atoms with Gasteiger partial charge < -0.3 is 4.90 Å². The van der Waals surface area contributed by atoms with Crippen LogP contribution in [0.1, 0.15) is 41.4 Å². The van der Waals surface area contributed by atoms with Crippen LogP contribution < -0.4 is 0 Å². The molecule has 0 aliphatic carbocycles. The SMILES string of the molecule is CC(C)n1cc(C(=O)N(C)C[C@@H]2Cc3ccccc3CN2C)cn1. The Bertz CT molecular complexity index is 722. The highest BCUT2D eigenvalue weighted by atomic mass is 16.2. The second kappa shape index (κ2) is 6.77. The molecule has 5 nitrogen and oxygen atoms in total. The predicted molar refractivity (Wildman–Crippen MR) is 95.0 cm³/mol. The average molecular weight is 326 g/mol. The van der Waals surface area contributed by atoms with Crippen molar-refractivity contribution in [2.75, 3.05) is 20.6 Å². The third-order valence-electron chi connectivity index (χ3n) is 4.83. The van der Waals surface area contributed by atoms with Crippen molar-refractivity contribution < 1.29 is 4.79 Å². The van der Waals surface area contributed by atoms with E-state index in [1.165, 1.54) is 11.1 Å². The lowest BCUT2D eigenvalue weighted by Gasteiger charge is -2.36. The molecule has 0 bridgehead atoms. The normalized spacial score (nSPS) is 17.8. The molecule has 0 unspecified atom stereocenters. The van der Waals surface area contributed by atoms with E-state index in [1.807, 2.05) is 22.8 Å². The molecule has 1 aromatic heterocycles. The molecule has 24 heavy (non-hydrogen) atoms. The third-order valence-corrected chi connectivity index (χ3v) is 4.83. The summed E-state index contributed by atoms with van der Waals surface area (Å²) in [4.78, 5) is 16.8. The van der Waals surface area contributed by atoms with Gasteiger partial charge in [0.25, 0.3) is 5.91 Å². The van der Waals surface area contributed by atoms with Gasteiger partial charge in [0.05, 0.1) is 11.8 Å². The first-order valence-electron chi connectivity index (χ1n) is 8.52. The van der Waals surface area contributed by atoms with Crippen LogP contribution in [-0.4, -0.2) is 52.2 Å². The molecule has 1 amide bonds. The zero-order chi connectivity index (χ0) is 17.3. The first-order chi connectivity index (χ1) is 11.5. The van der Waals surface area contributed by atoms with Crippen LogP contribution in [0.4, 0.5) is 0 Å². The van der Waals surface area contributed by atoms with Crippen LogP contribution in [0, 0.1) is 0 Å². The van der Waals surface area contributed by atoms with Crippen LogP contribution in [-0.2, 0) is 13.0 Å². The first kappa shape index (κ1) is 16.7. The van der Waals surface area contributed by atoms with E-state index in [9.17, 15) is 4.79 Å². The molecule has 128 valence electrons. The van der Waals surface area contributed by atoms with E-state index in [-0.39, 0.29) is 11.9 Å². The zero-order valence-electron chi connectivity index (χ0n) is 14.9. The van der Waals surface area contributed by atoms with Crippen LogP contribution in [0.3, 0.4) is 0 Å². The number of likely N-dealkylation sites (N-methyl/N-ethyl adjacent to an activating group) is 2. The van der Waals surface area contributed by atoms with Gasteiger partial charge >= 0.3 is 0 Å². The van der Waals surface area contributed by atoms with Crippen LogP contribution in [0.15, 0.2) is 36.7 Å². The Labute approximate surface area is 143 Å². The number of rotatable bonds is 4. The van der Waals surface area contributed by atoms with Gasteiger partial charge in [-0.1, -0.05) is 24.3 Å². The summed E-state index contributed by atoms with van der Waals surface area (Å²) >= 11 is 0. The number of amides is 1. The minimum Gasteiger partial charge on any atom is -0.340 e.